The number of nitrogens with one attached hydrogen (secondary N) is 1. The Morgan fingerprint density at radius 2 is 1.60 bits per heavy atom. The van der Waals surface area contributed by atoms with Crippen molar-refractivity contribution in [3.63, 3.8) is 0 Å². The molecule has 2 aromatic rings. The second kappa shape index (κ2) is 8.03. The molecule has 0 unspecified atom stereocenters. The van der Waals surface area contributed by atoms with Gasteiger partial charge < -0.3 is 15.3 Å². The molecule has 1 fully saturated rings. The Bertz CT molecular complexity index is 935. The predicted molar refractivity (Wildman–Crippen MR) is 110 cm³/mol. The van der Waals surface area contributed by atoms with E-state index in [-0.39, 0.29) is 0 Å². The molecule has 0 aliphatic carbocycles. The average molecular weight is 412 g/mol. The van der Waals surface area contributed by atoms with E-state index < -0.39 is 35.8 Å². The van der Waals surface area contributed by atoms with Crippen LogP contribution in [0.2, 0.25) is 0 Å². The number of carboxylic acid groups (broad SMARTS) is 1. The third-order valence-electron chi connectivity index (χ3n) is 5.15. The van der Waals surface area contributed by atoms with E-state index in [4.69, 9.17) is 0 Å². The number of carboxylic acids is 1. The standard InChI is InChI=1S/C21H24N4O5/c1-14(17(26)27)24-20(29)23(16-12-8-5-9-13-16)18(21(24,2)3)25(30)19(28)22-15-10-6-4-7-11-15/h4-14,18,30H,1-3H3,(H,22,28)(H,26,27)/t14-,18-/m1/s1. The van der Waals surface area contributed by atoms with Gasteiger partial charge in [-0.3, -0.25) is 10.1 Å². The number of urea groups is 2. The summed E-state index contributed by atoms with van der Waals surface area (Å²) in [6.45, 7) is 4.60. The van der Waals surface area contributed by atoms with Crippen LogP contribution in [0.3, 0.4) is 0 Å². The zero-order valence-corrected chi connectivity index (χ0v) is 16.9. The molecular formula is C21H24N4O5. The first kappa shape index (κ1) is 21.1. The molecule has 158 valence electrons. The summed E-state index contributed by atoms with van der Waals surface area (Å²) in [6.07, 6.45) is -1.18. The lowest BCUT2D eigenvalue weighted by Crippen LogP contribution is -2.59. The second-order valence-electron chi connectivity index (χ2n) is 7.54. The maximum absolute atomic E-state index is 13.3. The number of aliphatic carboxylic acids is 1. The number of hydrogen-bond donors (Lipinski definition) is 3. The molecule has 0 saturated carbocycles. The molecule has 0 bridgehead atoms. The predicted octanol–water partition coefficient (Wildman–Crippen LogP) is 3.43. The van der Waals surface area contributed by atoms with E-state index in [9.17, 15) is 24.7 Å². The molecule has 1 heterocycles. The topological polar surface area (TPSA) is 113 Å². The van der Waals surface area contributed by atoms with Crippen LogP contribution >= 0.6 is 0 Å². The second-order valence-corrected chi connectivity index (χ2v) is 7.54. The number of rotatable bonds is 5. The van der Waals surface area contributed by atoms with Crippen LogP contribution in [-0.2, 0) is 4.79 Å². The van der Waals surface area contributed by atoms with Gasteiger partial charge in [0.05, 0.1) is 5.54 Å². The van der Waals surface area contributed by atoms with E-state index in [0.29, 0.717) is 16.4 Å². The third kappa shape index (κ3) is 3.67. The van der Waals surface area contributed by atoms with Gasteiger partial charge in [-0.25, -0.2) is 14.4 Å². The lowest BCUT2D eigenvalue weighted by atomic mass is 9.98. The highest BCUT2D eigenvalue weighted by atomic mass is 16.5. The number of nitrogens with zero attached hydrogens (tertiary/aromatic N) is 3. The van der Waals surface area contributed by atoms with Gasteiger partial charge >= 0.3 is 18.0 Å². The smallest absolute Gasteiger partial charge is 0.347 e. The summed E-state index contributed by atoms with van der Waals surface area (Å²) in [4.78, 5) is 40.1. The van der Waals surface area contributed by atoms with E-state index in [1.807, 2.05) is 0 Å². The highest BCUT2D eigenvalue weighted by molar-refractivity contribution is 5.99. The Morgan fingerprint density at radius 1 is 1.07 bits per heavy atom. The van der Waals surface area contributed by atoms with Crippen molar-refractivity contribution in [3.05, 3.63) is 60.7 Å². The normalized spacial score (nSPS) is 18.8. The summed E-state index contributed by atoms with van der Waals surface area (Å²) in [5, 5.41) is 23.4. The third-order valence-corrected chi connectivity index (χ3v) is 5.15. The maximum Gasteiger partial charge on any atom is 0.347 e. The molecule has 1 aliphatic heterocycles. The van der Waals surface area contributed by atoms with Gasteiger partial charge in [0.1, 0.15) is 6.04 Å². The molecule has 3 N–H and O–H groups in total. The van der Waals surface area contributed by atoms with Gasteiger partial charge in [0.2, 0.25) is 0 Å². The van der Waals surface area contributed by atoms with Gasteiger partial charge in [-0.05, 0) is 45.0 Å². The summed E-state index contributed by atoms with van der Waals surface area (Å²) in [5.41, 5.74) is -0.342. The minimum atomic E-state index is -1.23. The van der Waals surface area contributed by atoms with Crippen LogP contribution in [0, 0.1) is 0 Å². The van der Waals surface area contributed by atoms with E-state index in [0.717, 1.165) is 4.90 Å². The van der Waals surface area contributed by atoms with E-state index >= 15 is 0 Å². The molecule has 9 heteroatoms. The van der Waals surface area contributed by atoms with Crippen LogP contribution in [0.5, 0.6) is 0 Å². The number of hydroxylamine groups is 2. The monoisotopic (exact) mass is 412 g/mol. The minimum absolute atomic E-state index is 0.423. The number of carbonyl (C=O) groups is 3. The van der Waals surface area contributed by atoms with Gasteiger partial charge in [-0.1, -0.05) is 36.4 Å². The lowest BCUT2D eigenvalue weighted by Gasteiger charge is -2.39. The molecule has 0 spiro atoms. The first-order valence-corrected chi connectivity index (χ1v) is 9.40. The van der Waals surface area contributed by atoms with Gasteiger partial charge in [0, 0.05) is 11.4 Å². The molecule has 3 rings (SSSR count). The molecule has 2 aromatic carbocycles. The first-order valence-electron chi connectivity index (χ1n) is 9.40. The first-order chi connectivity index (χ1) is 14.2. The number of hydrogen-bond acceptors (Lipinski definition) is 4. The number of benzene rings is 2. The number of amides is 4. The van der Waals surface area contributed by atoms with Crippen molar-refractivity contribution in [3.8, 4) is 0 Å². The SMILES string of the molecule is C[C@H](C(=O)O)N1C(=O)N(c2ccccc2)[C@H](N(O)C(=O)Nc2ccccc2)C1(C)C. The highest BCUT2D eigenvalue weighted by Gasteiger charge is 2.58. The van der Waals surface area contributed by atoms with Crippen molar-refractivity contribution >= 4 is 29.4 Å². The van der Waals surface area contributed by atoms with Crippen LogP contribution in [0.25, 0.3) is 0 Å². The maximum atomic E-state index is 13.3. The number of para-hydroxylation sites is 2. The van der Waals surface area contributed by atoms with Crippen molar-refractivity contribution in [2.45, 2.75) is 38.5 Å². The van der Waals surface area contributed by atoms with Crippen molar-refractivity contribution in [1.29, 1.82) is 0 Å². The molecule has 0 aromatic heterocycles. The molecule has 9 nitrogen and oxygen atoms in total. The van der Waals surface area contributed by atoms with Crippen molar-refractivity contribution in [2.75, 3.05) is 10.2 Å². The van der Waals surface area contributed by atoms with E-state index in [1.54, 1.807) is 74.5 Å². The zero-order valence-electron chi connectivity index (χ0n) is 16.9. The van der Waals surface area contributed by atoms with Gasteiger partial charge in [-0.15, -0.1) is 0 Å². The quantitative estimate of drug-likeness (QED) is 0.514. The van der Waals surface area contributed by atoms with Crippen molar-refractivity contribution < 1.29 is 24.7 Å². The largest absolute Gasteiger partial charge is 0.480 e. The Morgan fingerprint density at radius 3 is 2.13 bits per heavy atom. The average Bonchev–Trinajstić information content (AvgIpc) is 2.93. The summed E-state index contributed by atoms with van der Waals surface area (Å²) in [5.74, 6) is -1.19. The Hall–Kier alpha value is -3.59. The van der Waals surface area contributed by atoms with E-state index in [1.165, 1.54) is 11.8 Å². The summed E-state index contributed by atoms with van der Waals surface area (Å²) in [6, 6.07) is 14.4. The summed E-state index contributed by atoms with van der Waals surface area (Å²) in [7, 11) is 0. The van der Waals surface area contributed by atoms with Crippen molar-refractivity contribution in [1.82, 2.24) is 9.96 Å². The Balaban J connectivity index is 2.02. The number of anilines is 2. The van der Waals surface area contributed by atoms with Crippen LogP contribution in [-0.4, -0.2) is 56.1 Å². The Kier molecular flexibility index (Phi) is 5.66. The van der Waals surface area contributed by atoms with Crippen molar-refractivity contribution in [2.24, 2.45) is 0 Å². The Labute approximate surface area is 174 Å². The van der Waals surface area contributed by atoms with Gasteiger partial charge in [0.25, 0.3) is 0 Å². The molecule has 1 saturated heterocycles. The van der Waals surface area contributed by atoms with Gasteiger partial charge in [0.15, 0.2) is 6.17 Å². The van der Waals surface area contributed by atoms with Crippen LogP contribution < -0.4 is 10.2 Å². The summed E-state index contributed by atoms with van der Waals surface area (Å²) >= 11 is 0. The molecule has 4 amide bonds. The van der Waals surface area contributed by atoms with E-state index in [2.05, 4.69) is 5.32 Å². The number of carbonyl (C=O) groups excluding carboxylic acids is 2. The fourth-order valence-electron chi connectivity index (χ4n) is 3.74. The van der Waals surface area contributed by atoms with Gasteiger partial charge in [-0.2, -0.15) is 5.06 Å². The fraction of sp³-hybridized carbons (Fsp3) is 0.286. The molecule has 1 aliphatic rings. The molecule has 30 heavy (non-hydrogen) atoms. The lowest BCUT2D eigenvalue weighted by molar-refractivity contribution is -0.145. The molecule has 0 radical (unpaired) electrons. The molecular weight excluding hydrogens is 388 g/mol. The van der Waals surface area contributed by atoms with Crippen LogP contribution in [0.4, 0.5) is 21.0 Å². The fourth-order valence-corrected chi connectivity index (χ4v) is 3.74. The highest BCUT2D eigenvalue weighted by Crippen LogP contribution is 2.39. The van der Waals surface area contributed by atoms with Crippen LogP contribution in [0.15, 0.2) is 60.7 Å². The molecule has 2 atom stereocenters. The minimum Gasteiger partial charge on any atom is -0.480 e. The van der Waals surface area contributed by atoms with Crippen LogP contribution in [0.1, 0.15) is 20.8 Å². The summed E-state index contributed by atoms with van der Waals surface area (Å²) < 4.78 is 0. The zero-order chi connectivity index (χ0) is 22.1.